The SMILES string of the molecule is Cc1ccc(F)cc1N(C=O)CN(C)C. The lowest BCUT2D eigenvalue weighted by molar-refractivity contribution is -0.107. The van der Waals surface area contributed by atoms with Crippen LogP contribution in [0.2, 0.25) is 0 Å². The van der Waals surface area contributed by atoms with Crippen molar-refractivity contribution in [1.82, 2.24) is 4.90 Å². The zero-order valence-electron chi connectivity index (χ0n) is 9.20. The summed E-state index contributed by atoms with van der Waals surface area (Å²) in [6.45, 7) is 2.29. The molecule has 0 fully saturated rings. The topological polar surface area (TPSA) is 23.6 Å². The molecule has 0 aliphatic carbocycles. The number of nitrogens with zero attached hydrogens (tertiary/aromatic N) is 2. The maximum absolute atomic E-state index is 13.0. The van der Waals surface area contributed by atoms with E-state index in [4.69, 9.17) is 0 Å². The normalized spacial score (nSPS) is 10.5. The molecule has 0 aliphatic rings. The molecule has 15 heavy (non-hydrogen) atoms. The first-order valence-corrected chi connectivity index (χ1v) is 4.67. The van der Waals surface area contributed by atoms with E-state index < -0.39 is 0 Å². The number of benzene rings is 1. The highest BCUT2D eigenvalue weighted by Crippen LogP contribution is 2.19. The summed E-state index contributed by atoms with van der Waals surface area (Å²) in [5.41, 5.74) is 1.49. The Balaban J connectivity index is 3.00. The van der Waals surface area contributed by atoms with Crippen molar-refractivity contribution in [3.05, 3.63) is 29.6 Å². The molecule has 82 valence electrons. The molecule has 0 bridgehead atoms. The van der Waals surface area contributed by atoms with Crippen LogP contribution in [-0.4, -0.2) is 32.1 Å². The molecule has 4 heteroatoms. The summed E-state index contributed by atoms with van der Waals surface area (Å²) in [7, 11) is 3.70. The third-order valence-electron chi connectivity index (χ3n) is 2.04. The summed E-state index contributed by atoms with van der Waals surface area (Å²) in [4.78, 5) is 14.2. The first-order valence-electron chi connectivity index (χ1n) is 4.67. The lowest BCUT2D eigenvalue weighted by atomic mass is 10.2. The first kappa shape index (κ1) is 11.7. The summed E-state index contributed by atoms with van der Waals surface area (Å²) in [5, 5.41) is 0. The van der Waals surface area contributed by atoms with Gasteiger partial charge in [-0.25, -0.2) is 4.39 Å². The van der Waals surface area contributed by atoms with E-state index in [1.807, 2.05) is 25.9 Å². The Morgan fingerprint density at radius 1 is 1.40 bits per heavy atom. The molecule has 1 aromatic rings. The highest BCUT2D eigenvalue weighted by molar-refractivity contribution is 5.76. The Labute approximate surface area is 89.1 Å². The van der Waals surface area contributed by atoms with Crippen molar-refractivity contribution in [2.24, 2.45) is 0 Å². The van der Waals surface area contributed by atoms with E-state index in [0.717, 1.165) is 5.56 Å². The fraction of sp³-hybridized carbons (Fsp3) is 0.364. The summed E-state index contributed by atoms with van der Waals surface area (Å²) in [6.07, 6.45) is 0.710. The number of carbonyl (C=O) groups excluding carboxylic acids is 1. The number of halogens is 1. The molecule has 0 saturated heterocycles. The minimum Gasteiger partial charge on any atom is -0.301 e. The molecule has 0 N–H and O–H groups in total. The summed E-state index contributed by atoms with van der Waals surface area (Å²) in [6, 6.07) is 4.42. The average molecular weight is 210 g/mol. The van der Waals surface area contributed by atoms with E-state index in [-0.39, 0.29) is 5.82 Å². The number of rotatable bonds is 4. The third kappa shape index (κ3) is 3.02. The van der Waals surface area contributed by atoms with Gasteiger partial charge < -0.3 is 4.90 Å². The quantitative estimate of drug-likeness (QED) is 0.557. The molecule has 0 atom stereocenters. The smallest absolute Gasteiger partial charge is 0.215 e. The van der Waals surface area contributed by atoms with Crippen molar-refractivity contribution < 1.29 is 9.18 Å². The molecule has 1 amide bonds. The van der Waals surface area contributed by atoms with Crippen molar-refractivity contribution in [2.75, 3.05) is 25.7 Å². The van der Waals surface area contributed by atoms with E-state index in [1.165, 1.54) is 17.0 Å². The van der Waals surface area contributed by atoms with Crippen LogP contribution in [0.5, 0.6) is 0 Å². The van der Waals surface area contributed by atoms with Crippen LogP contribution in [0.25, 0.3) is 0 Å². The van der Waals surface area contributed by atoms with E-state index in [1.54, 1.807) is 6.07 Å². The summed E-state index contributed by atoms with van der Waals surface area (Å²) < 4.78 is 13.0. The number of hydrogen-bond acceptors (Lipinski definition) is 2. The van der Waals surface area contributed by atoms with Gasteiger partial charge in [-0.05, 0) is 38.7 Å². The molecule has 0 aliphatic heterocycles. The number of aryl methyl sites for hydroxylation is 1. The molecule has 0 saturated carbocycles. The number of amides is 1. The maximum atomic E-state index is 13.0. The van der Waals surface area contributed by atoms with Crippen LogP contribution in [0, 0.1) is 12.7 Å². The van der Waals surface area contributed by atoms with Crippen LogP contribution in [0.15, 0.2) is 18.2 Å². The van der Waals surface area contributed by atoms with Crippen LogP contribution >= 0.6 is 0 Å². The molecule has 0 heterocycles. The van der Waals surface area contributed by atoms with Gasteiger partial charge >= 0.3 is 0 Å². The number of carbonyl (C=O) groups is 1. The second kappa shape index (κ2) is 4.89. The van der Waals surface area contributed by atoms with Gasteiger partial charge in [0.15, 0.2) is 0 Å². The highest BCUT2D eigenvalue weighted by Gasteiger charge is 2.09. The van der Waals surface area contributed by atoms with Gasteiger partial charge in [0.05, 0.1) is 12.4 Å². The van der Waals surface area contributed by atoms with Crippen molar-refractivity contribution in [2.45, 2.75) is 6.92 Å². The van der Waals surface area contributed by atoms with Gasteiger partial charge in [0.25, 0.3) is 0 Å². The van der Waals surface area contributed by atoms with E-state index in [0.29, 0.717) is 18.8 Å². The Bertz CT molecular complexity index is 352. The molecule has 1 aromatic carbocycles. The van der Waals surface area contributed by atoms with Crippen LogP contribution in [0.1, 0.15) is 5.56 Å². The predicted octanol–water partition coefficient (Wildman–Crippen LogP) is 1.62. The minimum atomic E-state index is -0.332. The van der Waals surface area contributed by atoms with Gasteiger partial charge in [0, 0.05) is 0 Å². The Morgan fingerprint density at radius 3 is 2.60 bits per heavy atom. The van der Waals surface area contributed by atoms with Crippen molar-refractivity contribution in [1.29, 1.82) is 0 Å². The zero-order chi connectivity index (χ0) is 11.4. The van der Waals surface area contributed by atoms with E-state index >= 15 is 0 Å². The predicted molar refractivity (Wildman–Crippen MR) is 58.2 cm³/mol. The summed E-state index contributed by atoms with van der Waals surface area (Å²) >= 11 is 0. The molecular weight excluding hydrogens is 195 g/mol. The van der Waals surface area contributed by atoms with Crippen molar-refractivity contribution >= 4 is 12.1 Å². The molecule has 0 radical (unpaired) electrons. The standard InChI is InChI=1S/C11H15FN2O/c1-9-4-5-10(12)6-11(9)14(8-15)7-13(2)3/h4-6,8H,7H2,1-3H3. The van der Waals surface area contributed by atoms with E-state index in [2.05, 4.69) is 0 Å². The molecular formula is C11H15FN2O. The third-order valence-corrected chi connectivity index (χ3v) is 2.04. The van der Waals surface area contributed by atoms with Gasteiger partial charge in [-0.3, -0.25) is 9.69 Å². The Morgan fingerprint density at radius 2 is 2.07 bits per heavy atom. The lowest BCUT2D eigenvalue weighted by Gasteiger charge is -2.23. The average Bonchev–Trinajstić information content (AvgIpc) is 2.18. The van der Waals surface area contributed by atoms with Crippen LogP contribution in [0.4, 0.5) is 10.1 Å². The first-order chi connectivity index (χ1) is 7.04. The fourth-order valence-electron chi connectivity index (χ4n) is 1.36. The van der Waals surface area contributed by atoms with Crippen LogP contribution in [0.3, 0.4) is 0 Å². The highest BCUT2D eigenvalue weighted by atomic mass is 19.1. The second-order valence-electron chi connectivity index (χ2n) is 3.73. The van der Waals surface area contributed by atoms with E-state index in [9.17, 15) is 9.18 Å². The number of anilines is 1. The lowest BCUT2D eigenvalue weighted by Crippen LogP contribution is -2.32. The van der Waals surface area contributed by atoms with Gasteiger partial charge in [-0.1, -0.05) is 6.07 Å². The van der Waals surface area contributed by atoms with Crippen LogP contribution in [-0.2, 0) is 4.79 Å². The molecule has 3 nitrogen and oxygen atoms in total. The largest absolute Gasteiger partial charge is 0.301 e. The molecule has 0 spiro atoms. The van der Waals surface area contributed by atoms with Crippen molar-refractivity contribution in [3.63, 3.8) is 0 Å². The van der Waals surface area contributed by atoms with Gasteiger partial charge in [-0.2, -0.15) is 0 Å². The van der Waals surface area contributed by atoms with Gasteiger partial charge in [0.2, 0.25) is 6.41 Å². The summed E-state index contributed by atoms with van der Waals surface area (Å²) in [5.74, 6) is -0.332. The molecule has 0 aromatic heterocycles. The monoisotopic (exact) mass is 210 g/mol. The Kier molecular flexibility index (Phi) is 3.80. The molecule has 0 unspecified atom stereocenters. The Hall–Kier alpha value is -1.42. The van der Waals surface area contributed by atoms with Crippen LogP contribution < -0.4 is 4.90 Å². The van der Waals surface area contributed by atoms with Gasteiger partial charge in [0.1, 0.15) is 5.82 Å². The van der Waals surface area contributed by atoms with Crippen molar-refractivity contribution in [3.8, 4) is 0 Å². The zero-order valence-corrected chi connectivity index (χ0v) is 9.20. The number of hydrogen-bond donors (Lipinski definition) is 0. The molecule has 1 rings (SSSR count). The fourth-order valence-corrected chi connectivity index (χ4v) is 1.36. The van der Waals surface area contributed by atoms with Gasteiger partial charge in [-0.15, -0.1) is 0 Å². The maximum Gasteiger partial charge on any atom is 0.215 e. The minimum absolute atomic E-state index is 0.332. The second-order valence-corrected chi connectivity index (χ2v) is 3.73.